The maximum absolute atomic E-state index is 13.4. The van der Waals surface area contributed by atoms with Gasteiger partial charge in [-0.3, -0.25) is 9.69 Å². The van der Waals surface area contributed by atoms with Crippen molar-refractivity contribution in [2.24, 2.45) is 0 Å². The molecule has 0 saturated heterocycles. The number of imidazole rings is 1. The molecule has 0 bridgehead atoms. The Labute approximate surface area is 199 Å². The lowest BCUT2D eigenvalue weighted by Crippen LogP contribution is -2.38. The number of benzene rings is 2. The Morgan fingerprint density at radius 3 is 2.70 bits per heavy atom. The standard InChI is InChI=1S/C24H29FN4O3.ClH/c1-17(21-13-27-16-28-21)29(14-24(30)26-2)10-9-18-7-8-22(23(12-18)31-3)32-15-19-5-4-6-20(25)11-19;/h4-8,11-13,16-17H,9-10,14-15H2,1-3H3,(H,26,30)(H,27,28);1H. The zero-order valence-corrected chi connectivity index (χ0v) is 19.8. The van der Waals surface area contributed by atoms with E-state index in [1.54, 1.807) is 32.7 Å². The van der Waals surface area contributed by atoms with Crippen LogP contribution in [0.25, 0.3) is 0 Å². The van der Waals surface area contributed by atoms with Gasteiger partial charge in [-0.15, -0.1) is 12.4 Å². The minimum Gasteiger partial charge on any atom is -0.493 e. The van der Waals surface area contributed by atoms with Gasteiger partial charge in [0.25, 0.3) is 0 Å². The molecule has 0 fully saturated rings. The summed E-state index contributed by atoms with van der Waals surface area (Å²) in [6.45, 7) is 3.23. The Morgan fingerprint density at radius 1 is 1.21 bits per heavy atom. The van der Waals surface area contributed by atoms with E-state index in [2.05, 4.69) is 20.2 Å². The first-order chi connectivity index (χ1) is 15.5. The molecule has 2 N–H and O–H groups in total. The van der Waals surface area contributed by atoms with E-state index in [4.69, 9.17) is 9.47 Å². The van der Waals surface area contributed by atoms with Gasteiger partial charge in [-0.2, -0.15) is 0 Å². The highest BCUT2D eigenvalue weighted by Crippen LogP contribution is 2.29. The summed E-state index contributed by atoms with van der Waals surface area (Å²) in [5.41, 5.74) is 2.75. The number of methoxy groups -OCH3 is 1. The molecular weight excluding hydrogens is 447 g/mol. The van der Waals surface area contributed by atoms with Gasteiger partial charge in [0.15, 0.2) is 11.5 Å². The van der Waals surface area contributed by atoms with E-state index in [1.165, 1.54) is 12.1 Å². The van der Waals surface area contributed by atoms with Gasteiger partial charge in [0.1, 0.15) is 12.4 Å². The lowest BCUT2D eigenvalue weighted by Gasteiger charge is -2.27. The zero-order chi connectivity index (χ0) is 22.9. The van der Waals surface area contributed by atoms with Crippen LogP contribution in [0.1, 0.15) is 29.8 Å². The molecule has 0 saturated carbocycles. The molecule has 0 radical (unpaired) electrons. The lowest BCUT2D eigenvalue weighted by molar-refractivity contribution is -0.122. The molecule has 1 heterocycles. The summed E-state index contributed by atoms with van der Waals surface area (Å²) >= 11 is 0. The number of nitrogens with zero attached hydrogens (tertiary/aromatic N) is 2. The summed E-state index contributed by atoms with van der Waals surface area (Å²) in [7, 11) is 3.22. The molecule has 1 atom stereocenters. The normalized spacial score (nSPS) is 11.5. The quantitative estimate of drug-likeness (QED) is 0.438. The molecule has 1 amide bonds. The van der Waals surface area contributed by atoms with Gasteiger partial charge in [-0.05, 0) is 48.7 Å². The van der Waals surface area contributed by atoms with Gasteiger partial charge in [-0.1, -0.05) is 18.2 Å². The zero-order valence-electron chi connectivity index (χ0n) is 19.0. The first kappa shape index (κ1) is 26.2. The van der Waals surface area contributed by atoms with Crippen LogP contribution in [0.3, 0.4) is 0 Å². The van der Waals surface area contributed by atoms with Gasteiger partial charge in [0.2, 0.25) is 5.91 Å². The van der Waals surface area contributed by atoms with Crippen LogP contribution in [0.5, 0.6) is 11.5 Å². The molecule has 1 unspecified atom stereocenters. The van der Waals surface area contributed by atoms with Crippen LogP contribution in [0.2, 0.25) is 0 Å². The highest BCUT2D eigenvalue weighted by molar-refractivity contribution is 5.85. The predicted octanol–water partition coefficient (Wildman–Crippen LogP) is 3.91. The molecule has 3 aromatic rings. The lowest BCUT2D eigenvalue weighted by atomic mass is 10.1. The summed E-state index contributed by atoms with van der Waals surface area (Å²) < 4.78 is 24.7. The molecule has 0 spiro atoms. The summed E-state index contributed by atoms with van der Waals surface area (Å²) in [5.74, 6) is 0.862. The average Bonchev–Trinajstić information content (AvgIpc) is 3.35. The fourth-order valence-corrected chi connectivity index (χ4v) is 3.41. The van der Waals surface area contributed by atoms with Crippen molar-refractivity contribution in [3.63, 3.8) is 0 Å². The monoisotopic (exact) mass is 476 g/mol. The topological polar surface area (TPSA) is 79.5 Å². The Balaban J connectivity index is 0.00000385. The summed E-state index contributed by atoms with van der Waals surface area (Å²) in [4.78, 5) is 21.3. The number of carbonyl (C=O) groups excluding carboxylic acids is 1. The SMILES string of the molecule is CNC(=O)CN(CCc1ccc(OCc2cccc(F)c2)c(OC)c1)C(C)c1cnc[nH]1.Cl. The number of likely N-dealkylation sites (N-methyl/N-ethyl adjacent to an activating group) is 1. The Kier molecular flexibility index (Phi) is 10.2. The second-order valence-electron chi connectivity index (χ2n) is 7.48. The molecule has 0 aliphatic rings. The number of hydrogen-bond donors (Lipinski definition) is 2. The van der Waals surface area contributed by atoms with E-state index in [0.29, 0.717) is 18.0 Å². The van der Waals surface area contributed by atoms with E-state index >= 15 is 0 Å². The molecule has 33 heavy (non-hydrogen) atoms. The van der Waals surface area contributed by atoms with Gasteiger partial charge in [0.05, 0.1) is 25.7 Å². The first-order valence-corrected chi connectivity index (χ1v) is 10.5. The average molecular weight is 477 g/mol. The van der Waals surface area contributed by atoms with Crippen LogP contribution in [0.15, 0.2) is 55.0 Å². The third-order valence-corrected chi connectivity index (χ3v) is 5.34. The van der Waals surface area contributed by atoms with Crippen LogP contribution in [-0.4, -0.2) is 48.0 Å². The molecule has 1 aromatic heterocycles. The van der Waals surface area contributed by atoms with Crippen molar-refractivity contribution in [2.75, 3.05) is 27.2 Å². The highest BCUT2D eigenvalue weighted by Gasteiger charge is 2.19. The van der Waals surface area contributed by atoms with Crippen LogP contribution in [0, 0.1) is 5.82 Å². The summed E-state index contributed by atoms with van der Waals surface area (Å²) in [6, 6.07) is 12.1. The number of ether oxygens (including phenoxy) is 2. The third kappa shape index (κ3) is 7.47. The van der Waals surface area contributed by atoms with Crippen molar-refractivity contribution in [1.29, 1.82) is 0 Å². The Hall–Kier alpha value is -3.10. The van der Waals surface area contributed by atoms with Crippen LogP contribution in [-0.2, 0) is 17.8 Å². The third-order valence-electron chi connectivity index (χ3n) is 5.34. The second kappa shape index (κ2) is 12.8. The summed E-state index contributed by atoms with van der Waals surface area (Å²) in [5, 5.41) is 2.68. The van der Waals surface area contributed by atoms with E-state index in [1.807, 2.05) is 31.2 Å². The number of halogens is 2. The molecule has 0 aliphatic carbocycles. The highest BCUT2D eigenvalue weighted by atomic mass is 35.5. The molecule has 9 heteroatoms. The van der Waals surface area contributed by atoms with Crippen molar-refractivity contribution >= 4 is 18.3 Å². The smallest absolute Gasteiger partial charge is 0.233 e. The first-order valence-electron chi connectivity index (χ1n) is 10.5. The number of aromatic nitrogens is 2. The Morgan fingerprint density at radius 2 is 2.03 bits per heavy atom. The number of hydrogen-bond acceptors (Lipinski definition) is 5. The van der Waals surface area contributed by atoms with Crippen LogP contribution < -0.4 is 14.8 Å². The number of H-pyrrole nitrogens is 1. The molecule has 178 valence electrons. The van der Waals surface area contributed by atoms with E-state index in [-0.39, 0.29) is 43.3 Å². The fraction of sp³-hybridized carbons (Fsp3) is 0.333. The molecular formula is C24H30ClFN4O3. The maximum atomic E-state index is 13.4. The van der Waals surface area contributed by atoms with Crippen molar-refractivity contribution in [1.82, 2.24) is 20.2 Å². The second-order valence-corrected chi connectivity index (χ2v) is 7.48. The van der Waals surface area contributed by atoms with E-state index in [9.17, 15) is 9.18 Å². The van der Waals surface area contributed by atoms with Gasteiger partial charge in [0, 0.05) is 25.8 Å². The van der Waals surface area contributed by atoms with Gasteiger partial charge < -0.3 is 19.8 Å². The van der Waals surface area contributed by atoms with E-state index in [0.717, 1.165) is 23.2 Å². The van der Waals surface area contributed by atoms with Crippen LogP contribution >= 0.6 is 12.4 Å². The molecule has 3 rings (SSSR count). The van der Waals surface area contributed by atoms with Gasteiger partial charge >= 0.3 is 0 Å². The van der Waals surface area contributed by atoms with Gasteiger partial charge in [-0.25, -0.2) is 9.37 Å². The van der Waals surface area contributed by atoms with Crippen molar-refractivity contribution in [2.45, 2.75) is 26.0 Å². The largest absolute Gasteiger partial charge is 0.493 e. The molecule has 7 nitrogen and oxygen atoms in total. The molecule has 2 aromatic carbocycles. The number of aromatic amines is 1. The number of nitrogens with one attached hydrogen (secondary N) is 2. The Bertz CT molecular complexity index is 1020. The minimum atomic E-state index is -0.293. The van der Waals surface area contributed by atoms with Crippen molar-refractivity contribution in [3.8, 4) is 11.5 Å². The number of rotatable bonds is 11. The number of carbonyl (C=O) groups is 1. The summed E-state index contributed by atoms with van der Waals surface area (Å²) in [6.07, 6.45) is 4.13. The van der Waals surface area contributed by atoms with Crippen LogP contribution in [0.4, 0.5) is 4.39 Å². The maximum Gasteiger partial charge on any atom is 0.233 e. The number of amides is 1. The van der Waals surface area contributed by atoms with Crippen molar-refractivity contribution in [3.05, 3.63) is 77.6 Å². The minimum absolute atomic E-state index is 0. The van der Waals surface area contributed by atoms with Crippen molar-refractivity contribution < 1.29 is 18.7 Å². The predicted molar refractivity (Wildman–Crippen MR) is 127 cm³/mol. The van der Waals surface area contributed by atoms with E-state index < -0.39 is 0 Å². The molecule has 0 aliphatic heterocycles. The fourth-order valence-electron chi connectivity index (χ4n) is 3.41.